The molecule has 0 aromatic rings. The molecule has 2 unspecified atom stereocenters. The average Bonchev–Trinajstić information content (AvgIpc) is 3.58. The van der Waals surface area contributed by atoms with Crippen LogP contribution in [0.25, 0.3) is 0 Å². The quantitative estimate of drug-likeness (QED) is 0.0222. The van der Waals surface area contributed by atoms with Gasteiger partial charge in [0.05, 0.1) is 26.4 Å². The monoisotopic (exact) mass is 1340 g/mol. The zero-order chi connectivity index (χ0) is 67.3. The smallest absolute Gasteiger partial charge is 0.462 e. The zero-order valence-electron chi connectivity index (χ0n) is 59.3. The van der Waals surface area contributed by atoms with Crippen LogP contribution in [0, 0.1) is 17.8 Å². The van der Waals surface area contributed by atoms with Crippen LogP contribution in [-0.4, -0.2) is 96.7 Å². The van der Waals surface area contributed by atoms with Crippen LogP contribution in [0.5, 0.6) is 0 Å². The molecule has 0 spiro atoms. The molecule has 0 rings (SSSR count). The number of ether oxygens (including phenoxy) is 4. The molecule has 0 heterocycles. The summed E-state index contributed by atoms with van der Waals surface area (Å²) in [6, 6.07) is 0. The highest BCUT2D eigenvalue weighted by Gasteiger charge is 2.30. The van der Waals surface area contributed by atoms with Gasteiger partial charge in [0.2, 0.25) is 0 Å². The van der Waals surface area contributed by atoms with Crippen LogP contribution in [0.3, 0.4) is 0 Å². The Balaban J connectivity index is 5.23. The summed E-state index contributed by atoms with van der Waals surface area (Å²) in [5.41, 5.74) is 0. The molecule has 0 aliphatic heterocycles. The molecule has 17 nitrogen and oxygen atoms in total. The Morgan fingerprint density at radius 2 is 0.505 bits per heavy atom. The Morgan fingerprint density at radius 3 is 0.747 bits per heavy atom. The van der Waals surface area contributed by atoms with Gasteiger partial charge in [0.1, 0.15) is 19.3 Å². The van der Waals surface area contributed by atoms with E-state index in [1.807, 2.05) is 0 Å². The summed E-state index contributed by atoms with van der Waals surface area (Å²) < 4.78 is 68.3. The molecule has 0 saturated carbocycles. The highest BCUT2D eigenvalue weighted by atomic mass is 31.2. The van der Waals surface area contributed by atoms with Crippen molar-refractivity contribution in [1.82, 2.24) is 0 Å². The summed E-state index contributed by atoms with van der Waals surface area (Å²) in [6.07, 6.45) is 47.3. The standard InChI is InChI=1S/C72H140O17P2/c1-8-9-10-11-12-13-19-27-32-41-48-55-71(76)89-68(60-83-70(75)54-47-40-35-34-38-45-52-65(6)7)62-87-91(80,81)85-58-66(73)57-84-90(78,79)86-61-67(59-82-69(74)53-46-39-31-26-23-18-21-25-30-37-44-51-64(4)5)88-72(77)56-49-42-33-28-22-17-15-14-16-20-24-29-36-43-50-63(2)3/h63-68,73H,8-62H2,1-7H3,(H,78,79)(H,80,81)/t66-,67-,68-/m1/s1. The van der Waals surface area contributed by atoms with Crippen molar-refractivity contribution < 1.29 is 80.2 Å². The number of unbranched alkanes of at least 4 members (excludes halogenated alkanes) is 38. The minimum Gasteiger partial charge on any atom is -0.462 e. The molecule has 540 valence electrons. The van der Waals surface area contributed by atoms with Gasteiger partial charge in [0.25, 0.3) is 0 Å². The first-order valence-electron chi connectivity index (χ1n) is 37.3. The summed E-state index contributed by atoms with van der Waals surface area (Å²) in [6.45, 7) is 11.8. The number of aliphatic hydroxyl groups is 1. The van der Waals surface area contributed by atoms with E-state index in [0.29, 0.717) is 31.6 Å². The van der Waals surface area contributed by atoms with Crippen molar-refractivity contribution in [2.45, 2.75) is 381 Å². The fourth-order valence-electron chi connectivity index (χ4n) is 10.9. The number of phosphoric acid groups is 2. The van der Waals surface area contributed by atoms with E-state index in [1.165, 1.54) is 167 Å². The Kier molecular flexibility index (Phi) is 61.5. The summed E-state index contributed by atoms with van der Waals surface area (Å²) in [5.74, 6) is 0.122. The molecular weight excluding hydrogens is 1200 g/mol. The Labute approximate surface area is 556 Å². The molecular formula is C72H140O17P2. The fraction of sp³-hybridized carbons (Fsp3) is 0.944. The fourth-order valence-corrected chi connectivity index (χ4v) is 12.5. The summed E-state index contributed by atoms with van der Waals surface area (Å²) in [7, 11) is -9.90. The van der Waals surface area contributed by atoms with E-state index in [2.05, 4.69) is 48.5 Å². The average molecular weight is 1340 g/mol. The second-order valence-electron chi connectivity index (χ2n) is 27.4. The van der Waals surface area contributed by atoms with Gasteiger partial charge in [-0.2, -0.15) is 0 Å². The number of hydrogen-bond acceptors (Lipinski definition) is 15. The number of phosphoric ester groups is 2. The van der Waals surface area contributed by atoms with Gasteiger partial charge in [-0.25, -0.2) is 9.13 Å². The molecule has 0 amide bonds. The van der Waals surface area contributed by atoms with Crippen molar-refractivity contribution in [2.24, 2.45) is 17.8 Å². The van der Waals surface area contributed by atoms with Crippen molar-refractivity contribution >= 4 is 39.5 Å². The Hall–Kier alpha value is -1.94. The minimum absolute atomic E-state index is 0.106. The molecule has 0 aromatic carbocycles. The van der Waals surface area contributed by atoms with Crippen molar-refractivity contribution in [2.75, 3.05) is 39.6 Å². The van der Waals surface area contributed by atoms with E-state index >= 15 is 0 Å². The number of carbonyl (C=O) groups is 4. The van der Waals surface area contributed by atoms with Gasteiger partial charge < -0.3 is 33.8 Å². The third-order valence-electron chi connectivity index (χ3n) is 16.6. The molecule has 19 heteroatoms. The normalized spacial score (nSPS) is 14.2. The maximum Gasteiger partial charge on any atom is 0.472 e. The largest absolute Gasteiger partial charge is 0.472 e. The number of esters is 4. The van der Waals surface area contributed by atoms with E-state index < -0.39 is 97.5 Å². The number of aliphatic hydroxyl groups excluding tert-OH is 1. The second-order valence-corrected chi connectivity index (χ2v) is 30.3. The molecule has 0 fully saturated rings. The maximum absolute atomic E-state index is 13.0. The van der Waals surface area contributed by atoms with Crippen LogP contribution in [0.15, 0.2) is 0 Å². The van der Waals surface area contributed by atoms with Crippen LogP contribution in [0.1, 0.15) is 363 Å². The molecule has 3 N–H and O–H groups in total. The SMILES string of the molecule is CCCCCCCCCCCCCC(=O)O[C@H](COC(=O)CCCCCCCCC(C)C)COP(=O)(O)OC[C@H](O)COP(=O)(O)OC[C@@H](COC(=O)CCCCCCCCCCCCCC(C)C)OC(=O)CCCCCCCCCCCCCCCCC(C)C. The van der Waals surface area contributed by atoms with Crippen molar-refractivity contribution in [3.8, 4) is 0 Å². The van der Waals surface area contributed by atoms with Gasteiger partial charge in [-0.05, 0) is 43.4 Å². The molecule has 0 saturated heterocycles. The van der Waals surface area contributed by atoms with Crippen LogP contribution >= 0.6 is 15.6 Å². The molecule has 5 atom stereocenters. The topological polar surface area (TPSA) is 237 Å². The lowest BCUT2D eigenvalue weighted by atomic mass is 10.0. The van der Waals surface area contributed by atoms with Crippen LogP contribution in [-0.2, 0) is 65.4 Å². The van der Waals surface area contributed by atoms with E-state index in [4.69, 9.17) is 37.0 Å². The molecule has 0 aliphatic rings. The molecule has 91 heavy (non-hydrogen) atoms. The second kappa shape index (κ2) is 62.8. The third-order valence-corrected chi connectivity index (χ3v) is 18.5. The third kappa shape index (κ3) is 66.5. The van der Waals surface area contributed by atoms with Crippen LogP contribution in [0.4, 0.5) is 0 Å². The van der Waals surface area contributed by atoms with E-state index in [1.54, 1.807) is 0 Å². The number of rotatable bonds is 70. The van der Waals surface area contributed by atoms with E-state index in [9.17, 15) is 43.2 Å². The lowest BCUT2D eigenvalue weighted by molar-refractivity contribution is -0.161. The predicted molar refractivity (Wildman–Crippen MR) is 368 cm³/mol. The highest BCUT2D eigenvalue weighted by Crippen LogP contribution is 2.45. The summed E-state index contributed by atoms with van der Waals surface area (Å²) in [4.78, 5) is 72.6. The Bertz CT molecular complexity index is 1780. The summed E-state index contributed by atoms with van der Waals surface area (Å²) >= 11 is 0. The van der Waals surface area contributed by atoms with Crippen molar-refractivity contribution in [3.63, 3.8) is 0 Å². The molecule has 0 bridgehead atoms. The van der Waals surface area contributed by atoms with E-state index in [0.717, 1.165) is 108 Å². The number of carbonyl (C=O) groups excluding carboxylic acids is 4. The van der Waals surface area contributed by atoms with Crippen molar-refractivity contribution in [1.29, 1.82) is 0 Å². The van der Waals surface area contributed by atoms with Gasteiger partial charge >= 0.3 is 39.5 Å². The minimum atomic E-state index is -4.95. The van der Waals surface area contributed by atoms with E-state index in [-0.39, 0.29) is 25.7 Å². The lowest BCUT2D eigenvalue weighted by Gasteiger charge is -2.21. The number of hydrogen-bond donors (Lipinski definition) is 3. The van der Waals surface area contributed by atoms with Gasteiger partial charge in [-0.3, -0.25) is 37.3 Å². The van der Waals surface area contributed by atoms with Crippen molar-refractivity contribution in [3.05, 3.63) is 0 Å². The first-order chi connectivity index (χ1) is 43.7. The maximum atomic E-state index is 13.0. The zero-order valence-corrected chi connectivity index (χ0v) is 61.1. The van der Waals surface area contributed by atoms with Gasteiger partial charge in [-0.1, -0.05) is 312 Å². The van der Waals surface area contributed by atoms with Crippen LogP contribution < -0.4 is 0 Å². The summed E-state index contributed by atoms with van der Waals surface area (Å²) in [5, 5.41) is 10.6. The highest BCUT2D eigenvalue weighted by molar-refractivity contribution is 7.47. The first-order valence-corrected chi connectivity index (χ1v) is 40.3. The molecule has 0 radical (unpaired) electrons. The van der Waals surface area contributed by atoms with Gasteiger partial charge in [0, 0.05) is 25.7 Å². The molecule has 0 aliphatic carbocycles. The first kappa shape index (κ1) is 89.1. The van der Waals surface area contributed by atoms with Gasteiger partial charge in [-0.15, -0.1) is 0 Å². The van der Waals surface area contributed by atoms with Gasteiger partial charge in [0.15, 0.2) is 12.2 Å². The predicted octanol–water partition coefficient (Wildman–Crippen LogP) is 20.6. The van der Waals surface area contributed by atoms with Crippen LogP contribution in [0.2, 0.25) is 0 Å². The Morgan fingerprint density at radius 1 is 0.297 bits per heavy atom. The lowest BCUT2D eigenvalue weighted by Crippen LogP contribution is -2.30. The molecule has 0 aromatic heterocycles.